The molecule has 3 aromatic rings. The molecule has 0 saturated carbocycles. The first kappa shape index (κ1) is 21.7. The Morgan fingerprint density at radius 3 is 2.53 bits per heavy atom. The lowest BCUT2D eigenvalue weighted by Crippen LogP contribution is -2.21. The van der Waals surface area contributed by atoms with Gasteiger partial charge in [-0.1, -0.05) is 48.0 Å². The van der Waals surface area contributed by atoms with E-state index in [2.05, 4.69) is 27.8 Å². The SMILES string of the molecule is CC(=O)NCCCc1ccc(-c2csc(NC(=O)/C=C/c3ccc(Cl)cc3)n2)cc1. The monoisotopic (exact) mass is 439 g/mol. The molecule has 0 unspecified atom stereocenters. The number of rotatable bonds is 8. The first-order chi connectivity index (χ1) is 14.5. The first-order valence-corrected chi connectivity index (χ1v) is 10.8. The fourth-order valence-corrected chi connectivity index (χ4v) is 3.60. The summed E-state index contributed by atoms with van der Waals surface area (Å²) in [4.78, 5) is 27.5. The molecule has 0 radical (unpaired) electrons. The molecule has 0 saturated heterocycles. The van der Waals surface area contributed by atoms with Crippen molar-refractivity contribution in [3.05, 3.63) is 76.1 Å². The van der Waals surface area contributed by atoms with Crippen molar-refractivity contribution >= 4 is 46.0 Å². The average Bonchev–Trinajstić information content (AvgIpc) is 3.19. The summed E-state index contributed by atoms with van der Waals surface area (Å²) in [6.45, 7) is 2.20. The fourth-order valence-electron chi connectivity index (χ4n) is 2.76. The Kier molecular flexibility index (Phi) is 7.76. The van der Waals surface area contributed by atoms with E-state index < -0.39 is 0 Å². The van der Waals surface area contributed by atoms with Gasteiger partial charge in [-0.2, -0.15) is 0 Å². The quantitative estimate of drug-likeness (QED) is 0.375. The van der Waals surface area contributed by atoms with E-state index in [-0.39, 0.29) is 11.8 Å². The lowest BCUT2D eigenvalue weighted by Gasteiger charge is -2.04. The van der Waals surface area contributed by atoms with Crippen LogP contribution in [-0.4, -0.2) is 23.3 Å². The van der Waals surface area contributed by atoms with Crippen molar-refractivity contribution in [2.75, 3.05) is 11.9 Å². The number of nitrogens with zero attached hydrogens (tertiary/aromatic N) is 1. The second-order valence-corrected chi connectivity index (χ2v) is 7.99. The zero-order valence-electron chi connectivity index (χ0n) is 16.5. The van der Waals surface area contributed by atoms with Gasteiger partial charge < -0.3 is 5.32 Å². The van der Waals surface area contributed by atoms with Crippen molar-refractivity contribution in [2.45, 2.75) is 19.8 Å². The number of hydrogen-bond acceptors (Lipinski definition) is 4. The van der Waals surface area contributed by atoms with Gasteiger partial charge in [0.1, 0.15) is 0 Å². The molecular weight excluding hydrogens is 418 g/mol. The minimum absolute atomic E-state index is 0.00255. The maximum absolute atomic E-state index is 12.1. The van der Waals surface area contributed by atoms with Gasteiger partial charge in [0.05, 0.1) is 5.69 Å². The van der Waals surface area contributed by atoms with E-state index in [1.165, 1.54) is 29.9 Å². The van der Waals surface area contributed by atoms with Crippen molar-refractivity contribution in [1.29, 1.82) is 0 Å². The summed E-state index contributed by atoms with van der Waals surface area (Å²) in [5.41, 5.74) is 3.92. The molecule has 0 atom stereocenters. The van der Waals surface area contributed by atoms with Gasteiger partial charge in [-0.15, -0.1) is 11.3 Å². The van der Waals surface area contributed by atoms with E-state index in [1.54, 1.807) is 18.2 Å². The number of hydrogen-bond donors (Lipinski definition) is 2. The van der Waals surface area contributed by atoms with E-state index >= 15 is 0 Å². The predicted octanol–water partition coefficient (Wildman–Crippen LogP) is 5.18. The van der Waals surface area contributed by atoms with Gasteiger partial charge in [0, 0.05) is 35.5 Å². The number of aromatic nitrogens is 1. The molecule has 2 aromatic carbocycles. The summed E-state index contributed by atoms with van der Waals surface area (Å²) in [6, 6.07) is 15.4. The molecule has 0 aliphatic heterocycles. The number of amides is 2. The third-order valence-corrected chi connectivity index (χ3v) is 5.31. The maximum atomic E-state index is 12.1. The standard InChI is InChI=1S/C23H22ClN3O2S/c1-16(28)25-14-2-3-17-4-9-19(10-5-17)21-15-30-23(26-21)27-22(29)13-8-18-6-11-20(24)12-7-18/h4-13,15H,2-3,14H2,1H3,(H,25,28)(H,26,27,29)/b13-8+. The van der Waals surface area contributed by atoms with Crippen LogP contribution in [0.5, 0.6) is 0 Å². The smallest absolute Gasteiger partial charge is 0.250 e. The number of carbonyl (C=O) groups excluding carboxylic acids is 2. The van der Waals surface area contributed by atoms with Crippen molar-refractivity contribution in [2.24, 2.45) is 0 Å². The van der Waals surface area contributed by atoms with Crippen LogP contribution in [0.1, 0.15) is 24.5 Å². The Hall–Kier alpha value is -2.96. The van der Waals surface area contributed by atoms with Crippen molar-refractivity contribution in [3.63, 3.8) is 0 Å². The number of aryl methyl sites for hydroxylation is 1. The van der Waals surface area contributed by atoms with E-state index in [9.17, 15) is 9.59 Å². The van der Waals surface area contributed by atoms with Crippen molar-refractivity contribution < 1.29 is 9.59 Å². The van der Waals surface area contributed by atoms with Gasteiger partial charge in [0.15, 0.2) is 5.13 Å². The zero-order chi connectivity index (χ0) is 21.3. The lowest BCUT2D eigenvalue weighted by molar-refractivity contribution is -0.119. The van der Waals surface area contributed by atoms with Crippen LogP contribution in [0.15, 0.2) is 60.0 Å². The summed E-state index contributed by atoms with van der Waals surface area (Å²) in [5.74, 6) is -0.238. The minimum Gasteiger partial charge on any atom is -0.356 e. The molecule has 0 fully saturated rings. The zero-order valence-corrected chi connectivity index (χ0v) is 18.1. The largest absolute Gasteiger partial charge is 0.356 e. The van der Waals surface area contributed by atoms with E-state index in [0.717, 1.165) is 29.7 Å². The third kappa shape index (κ3) is 6.83. The Labute approximate surface area is 184 Å². The normalized spacial score (nSPS) is 10.9. The molecule has 0 spiro atoms. The highest BCUT2D eigenvalue weighted by atomic mass is 35.5. The fraction of sp³-hybridized carbons (Fsp3) is 0.174. The Bertz CT molecular complexity index is 1030. The second-order valence-electron chi connectivity index (χ2n) is 6.70. The number of carbonyl (C=O) groups is 2. The van der Waals surface area contributed by atoms with Crippen molar-refractivity contribution in [1.82, 2.24) is 10.3 Å². The van der Waals surface area contributed by atoms with E-state index in [1.807, 2.05) is 29.6 Å². The summed E-state index contributed by atoms with van der Waals surface area (Å²) >= 11 is 7.24. The molecule has 0 aliphatic rings. The van der Waals surface area contributed by atoms with Gasteiger partial charge in [-0.3, -0.25) is 14.9 Å². The molecule has 2 amide bonds. The second kappa shape index (κ2) is 10.7. The number of anilines is 1. The van der Waals surface area contributed by atoms with Crippen LogP contribution in [0, 0.1) is 0 Å². The van der Waals surface area contributed by atoms with Crippen LogP contribution < -0.4 is 10.6 Å². The summed E-state index contributed by atoms with van der Waals surface area (Å²) in [6.07, 6.45) is 5.00. The molecule has 0 aliphatic carbocycles. The van der Waals surface area contributed by atoms with Gasteiger partial charge in [0.25, 0.3) is 0 Å². The van der Waals surface area contributed by atoms with Crippen LogP contribution in [0.4, 0.5) is 5.13 Å². The maximum Gasteiger partial charge on any atom is 0.250 e. The molecule has 1 heterocycles. The number of nitrogens with one attached hydrogen (secondary N) is 2. The van der Waals surface area contributed by atoms with Gasteiger partial charge >= 0.3 is 0 Å². The third-order valence-electron chi connectivity index (χ3n) is 4.30. The van der Waals surface area contributed by atoms with E-state index in [0.29, 0.717) is 16.7 Å². The number of thiazole rings is 1. The molecule has 0 bridgehead atoms. The molecule has 154 valence electrons. The van der Waals surface area contributed by atoms with Crippen molar-refractivity contribution in [3.8, 4) is 11.3 Å². The predicted molar refractivity (Wildman–Crippen MR) is 124 cm³/mol. The van der Waals surface area contributed by atoms with Crippen LogP contribution >= 0.6 is 22.9 Å². The summed E-state index contributed by atoms with van der Waals surface area (Å²) < 4.78 is 0. The number of benzene rings is 2. The molecule has 1 aromatic heterocycles. The molecule has 30 heavy (non-hydrogen) atoms. The van der Waals surface area contributed by atoms with Gasteiger partial charge in [-0.25, -0.2) is 4.98 Å². The topological polar surface area (TPSA) is 71.1 Å². The highest BCUT2D eigenvalue weighted by molar-refractivity contribution is 7.14. The van der Waals surface area contributed by atoms with Crippen LogP contribution in [0.25, 0.3) is 17.3 Å². The molecule has 5 nitrogen and oxygen atoms in total. The molecule has 3 rings (SSSR count). The lowest BCUT2D eigenvalue weighted by atomic mass is 10.1. The van der Waals surface area contributed by atoms with Gasteiger partial charge in [-0.05, 0) is 42.2 Å². The van der Waals surface area contributed by atoms with Gasteiger partial charge in [0.2, 0.25) is 11.8 Å². The first-order valence-electron chi connectivity index (χ1n) is 9.53. The molecular formula is C23H22ClN3O2S. The van der Waals surface area contributed by atoms with Crippen LogP contribution in [-0.2, 0) is 16.0 Å². The number of halogens is 1. The molecule has 2 N–H and O–H groups in total. The Balaban J connectivity index is 1.53. The highest BCUT2D eigenvalue weighted by Crippen LogP contribution is 2.25. The minimum atomic E-state index is -0.236. The van der Waals surface area contributed by atoms with Crippen LogP contribution in [0.3, 0.4) is 0 Å². The molecule has 7 heteroatoms. The Morgan fingerprint density at radius 2 is 1.83 bits per heavy atom. The summed E-state index contributed by atoms with van der Waals surface area (Å²) in [7, 11) is 0. The van der Waals surface area contributed by atoms with E-state index in [4.69, 9.17) is 11.6 Å². The average molecular weight is 440 g/mol. The summed E-state index contributed by atoms with van der Waals surface area (Å²) in [5, 5.41) is 8.72. The highest BCUT2D eigenvalue weighted by Gasteiger charge is 2.07. The van der Waals surface area contributed by atoms with Crippen LogP contribution in [0.2, 0.25) is 5.02 Å². The Morgan fingerprint density at radius 1 is 1.10 bits per heavy atom.